The fourth-order valence-electron chi connectivity index (χ4n) is 3.35. The SMILES string of the molecule is O=C(c1cc(=O)c2ccccc2o1)N1CCN(CCOc2ccccc2)CC1. The second kappa shape index (κ2) is 8.27. The van der Waals surface area contributed by atoms with Crippen molar-refractivity contribution < 1.29 is 13.9 Å². The van der Waals surface area contributed by atoms with Crippen molar-refractivity contribution in [3.63, 3.8) is 0 Å². The van der Waals surface area contributed by atoms with E-state index >= 15 is 0 Å². The maximum absolute atomic E-state index is 12.8. The molecule has 0 aliphatic carbocycles. The van der Waals surface area contributed by atoms with Crippen molar-refractivity contribution in [3.05, 3.63) is 76.6 Å². The molecule has 6 nitrogen and oxygen atoms in total. The summed E-state index contributed by atoms with van der Waals surface area (Å²) in [4.78, 5) is 29.0. The van der Waals surface area contributed by atoms with Gasteiger partial charge in [-0.2, -0.15) is 0 Å². The highest BCUT2D eigenvalue weighted by molar-refractivity contribution is 5.93. The van der Waals surface area contributed by atoms with Crippen LogP contribution in [0.15, 0.2) is 69.9 Å². The van der Waals surface area contributed by atoms with Crippen molar-refractivity contribution >= 4 is 16.9 Å². The summed E-state index contributed by atoms with van der Waals surface area (Å²) in [6, 6.07) is 18.0. The molecule has 0 atom stereocenters. The number of benzene rings is 2. The summed E-state index contributed by atoms with van der Waals surface area (Å²) in [6.07, 6.45) is 0. The molecule has 1 aromatic heterocycles. The van der Waals surface area contributed by atoms with E-state index < -0.39 is 0 Å². The van der Waals surface area contributed by atoms with Gasteiger partial charge in [-0.05, 0) is 24.3 Å². The van der Waals surface area contributed by atoms with Gasteiger partial charge in [-0.1, -0.05) is 30.3 Å². The van der Waals surface area contributed by atoms with Crippen LogP contribution in [0.2, 0.25) is 0 Å². The Hall–Kier alpha value is -3.12. The smallest absolute Gasteiger partial charge is 0.289 e. The normalized spacial score (nSPS) is 14.9. The third-order valence-corrected chi connectivity index (χ3v) is 4.92. The van der Waals surface area contributed by atoms with Crippen molar-refractivity contribution in [1.82, 2.24) is 9.80 Å². The van der Waals surface area contributed by atoms with Crippen LogP contribution in [0.5, 0.6) is 5.75 Å². The molecule has 1 saturated heterocycles. The molecular weight excluding hydrogens is 356 g/mol. The first-order valence-corrected chi connectivity index (χ1v) is 9.43. The number of carbonyl (C=O) groups excluding carboxylic acids is 1. The largest absolute Gasteiger partial charge is 0.492 e. The molecule has 1 aliphatic heterocycles. The van der Waals surface area contributed by atoms with Gasteiger partial charge >= 0.3 is 0 Å². The van der Waals surface area contributed by atoms with Gasteiger partial charge < -0.3 is 14.1 Å². The van der Waals surface area contributed by atoms with E-state index in [4.69, 9.17) is 9.15 Å². The standard InChI is InChI=1S/C22H22N2O4/c25-19-16-21(28-20-9-5-4-8-18(19)20)22(26)24-12-10-23(11-13-24)14-15-27-17-6-2-1-3-7-17/h1-9,16H,10-15H2. The van der Waals surface area contributed by atoms with E-state index in [9.17, 15) is 9.59 Å². The monoisotopic (exact) mass is 378 g/mol. The summed E-state index contributed by atoms with van der Waals surface area (Å²) in [6.45, 7) is 4.14. The van der Waals surface area contributed by atoms with E-state index in [1.807, 2.05) is 30.3 Å². The molecule has 3 aromatic rings. The van der Waals surface area contributed by atoms with Crippen LogP contribution in [-0.4, -0.2) is 55.0 Å². The Morgan fingerprint density at radius 3 is 2.46 bits per heavy atom. The molecule has 2 heterocycles. The van der Waals surface area contributed by atoms with Crippen LogP contribution in [-0.2, 0) is 0 Å². The quantitative estimate of drug-likeness (QED) is 0.683. The summed E-state index contributed by atoms with van der Waals surface area (Å²) in [5, 5.41) is 0.488. The molecule has 0 spiro atoms. The number of ether oxygens (including phenoxy) is 1. The van der Waals surface area contributed by atoms with Crippen molar-refractivity contribution in [2.45, 2.75) is 0 Å². The van der Waals surface area contributed by atoms with E-state index in [0.717, 1.165) is 25.4 Å². The first-order valence-electron chi connectivity index (χ1n) is 9.43. The second-order valence-corrected chi connectivity index (χ2v) is 6.77. The summed E-state index contributed by atoms with van der Waals surface area (Å²) in [5.41, 5.74) is 0.247. The van der Waals surface area contributed by atoms with Crippen molar-refractivity contribution in [3.8, 4) is 5.75 Å². The molecule has 144 valence electrons. The highest BCUT2D eigenvalue weighted by Crippen LogP contribution is 2.15. The van der Waals surface area contributed by atoms with Gasteiger partial charge in [-0.25, -0.2) is 0 Å². The average Bonchev–Trinajstić information content (AvgIpc) is 2.74. The number of para-hydroxylation sites is 2. The maximum atomic E-state index is 12.8. The lowest BCUT2D eigenvalue weighted by atomic mass is 10.2. The minimum absolute atomic E-state index is 0.101. The molecule has 0 saturated carbocycles. The van der Waals surface area contributed by atoms with Crippen LogP contribution in [0.1, 0.15) is 10.6 Å². The Kier molecular flexibility index (Phi) is 5.39. The first-order chi connectivity index (χ1) is 13.7. The average molecular weight is 378 g/mol. The van der Waals surface area contributed by atoms with Crippen molar-refractivity contribution in [1.29, 1.82) is 0 Å². The molecule has 28 heavy (non-hydrogen) atoms. The van der Waals surface area contributed by atoms with Gasteiger partial charge in [0, 0.05) is 38.8 Å². The van der Waals surface area contributed by atoms with E-state index in [1.165, 1.54) is 6.07 Å². The van der Waals surface area contributed by atoms with Crippen LogP contribution < -0.4 is 10.2 Å². The molecule has 0 N–H and O–H groups in total. The number of rotatable bonds is 5. The predicted octanol–water partition coefficient (Wildman–Crippen LogP) is 2.63. The Labute approximate surface area is 162 Å². The minimum atomic E-state index is -0.233. The van der Waals surface area contributed by atoms with Crippen LogP contribution in [0.3, 0.4) is 0 Å². The van der Waals surface area contributed by atoms with Gasteiger partial charge in [0.1, 0.15) is 17.9 Å². The molecule has 1 amide bonds. The number of hydrogen-bond donors (Lipinski definition) is 0. The lowest BCUT2D eigenvalue weighted by Gasteiger charge is -2.34. The Morgan fingerprint density at radius 2 is 1.68 bits per heavy atom. The van der Waals surface area contributed by atoms with Gasteiger partial charge in [-0.15, -0.1) is 0 Å². The van der Waals surface area contributed by atoms with Gasteiger partial charge in [0.05, 0.1) is 5.39 Å². The van der Waals surface area contributed by atoms with E-state index in [-0.39, 0.29) is 17.1 Å². The number of fused-ring (bicyclic) bond motifs is 1. The maximum Gasteiger partial charge on any atom is 0.289 e. The summed E-state index contributed by atoms with van der Waals surface area (Å²) in [5.74, 6) is 0.732. The third kappa shape index (κ3) is 4.07. The number of hydrogen-bond acceptors (Lipinski definition) is 5. The van der Waals surface area contributed by atoms with Crippen LogP contribution in [0.25, 0.3) is 11.0 Å². The molecule has 6 heteroatoms. The molecule has 2 aromatic carbocycles. The van der Waals surface area contributed by atoms with Crippen molar-refractivity contribution in [2.24, 2.45) is 0 Å². The predicted molar refractivity (Wildman–Crippen MR) is 107 cm³/mol. The highest BCUT2D eigenvalue weighted by atomic mass is 16.5. The topological polar surface area (TPSA) is 63.0 Å². The fourth-order valence-corrected chi connectivity index (χ4v) is 3.35. The summed E-state index contributed by atoms with van der Waals surface area (Å²) >= 11 is 0. The molecular formula is C22H22N2O4. The Bertz CT molecular complexity index is 1010. The molecule has 4 rings (SSSR count). The Morgan fingerprint density at radius 1 is 0.964 bits per heavy atom. The molecule has 1 fully saturated rings. The van der Waals surface area contributed by atoms with E-state index in [2.05, 4.69) is 4.90 Å². The number of carbonyl (C=O) groups is 1. The second-order valence-electron chi connectivity index (χ2n) is 6.77. The van der Waals surface area contributed by atoms with Gasteiger partial charge in [0.15, 0.2) is 11.2 Å². The zero-order valence-electron chi connectivity index (χ0n) is 15.5. The fraction of sp³-hybridized carbons (Fsp3) is 0.273. The molecule has 1 aliphatic rings. The minimum Gasteiger partial charge on any atom is -0.492 e. The zero-order chi connectivity index (χ0) is 19.3. The number of piperazine rings is 1. The van der Waals surface area contributed by atoms with Crippen LogP contribution in [0.4, 0.5) is 0 Å². The molecule has 0 unspecified atom stereocenters. The van der Waals surface area contributed by atoms with Crippen LogP contribution >= 0.6 is 0 Å². The Balaban J connectivity index is 1.32. The molecule has 0 bridgehead atoms. The van der Waals surface area contributed by atoms with Gasteiger partial charge in [0.25, 0.3) is 5.91 Å². The van der Waals surface area contributed by atoms with Gasteiger partial charge in [0.2, 0.25) is 0 Å². The van der Waals surface area contributed by atoms with Crippen molar-refractivity contribution in [2.75, 3.05) is 39.3 Å². The third-order valence-electron chi connectivity index (χ3n) is 4.92. The van der Waals surface area contributed by atoms with E-state index in [0.29, 0.717) is 30.7 Å². The highest BCUT2D eigenvalue weighted by Gasteiger charge is 2.24. The van der Waals surface area contributed by atoms with Crippen LogP contribution in [0, 0.1) is 0 Å². The van der Waals surface area contributed by atoms with Gasteiger partial charge in [-0.3, -0.25) is 14.5 Å². The lowest BCUT2D eigenvalue weighted by molar-refractivity contribution is 0.0590. The lowest BCUT2D eigenvalue weighted by Crippen LogP contribution is -2.49. The molecule has 0 radical (unpaired) electrons. The zero-order valence-corrected chi connectivity index (χ0v) is 15.5. The summed E-state index contributed by atoms with van der Waals surface area (Å²) < 4.78 is 11.4. The number of nitrogens with zero attached hydrogens (tertiary/aromatic N) is 2. The van der Waals surface area contributed by atoms with E-state index in [1.54, 1.807) is 29.2 Å². The first kappa shape index (κ1) is 18.3. The number of amides is 1. The summed E-state index contributed by atoms with van der Waals surface area (Å²) in [7, 11) is 0.